The maximum absolute atomic E-state index is 9.25. The number of rotatable bonds is 18. The van der Waals surface area contributed by atoms with Gasteiger partial charge in [-0.2, -0.15) is 0 Å². The van der Waals surface area contributed by atoms with Gasteiger partial charge in [-0.1, -0.05) is 113 Å². The van der Waals surface area contributed by atoms with Crippen LogP contribution in [0.25, 0.3) is 0 Å². The second-order valence-electron chi connectivity index (χ2n) is 9.50. The van der Waals surface area contributed by atoms with Gasteiger partial charge in [0.2, 0.25) is 0 Å². The predicted octanol–water partition coefficient (Wildman–Crippen LogP) is 6.92. The third-order valence-corrected chi connectivity index (χ3v) is 7.17. The van der Waals surface area contributed by atoms with Crippen molar-refractivity contribution in [1.82, 2.24) is 15.5 Å². The summed E-state index contributed by atoms with van der Waals surface area (Å²) in [6, 6.07) is -1.96. The Morgan fingerprint density at radius 1 is 0.871 bits per heavy atom. The molecule has 1 heterocycles. The van der Waals surface area contributed by atoms with Crippen molar-refractivity contribution in [3.05, 3.63) is 0 Å². The maximum Gasteiger partial charge on any atom is 0.128 e. The number of nitrogens with zero attached hydrogens (tertiary/aromatic N) is 1. The normalized spacial score (nSPS) is 40.5. The molecule has 5 heteroatoms. The van der Waals surface area contributed by atoms with Gasteiger partial charge in [-0.25, -0.2) is 0 Å². The van der Waals surface area contributed by atoms with E-state index in [0.29, 0.717) is 17.0 Å². The summed E-state index contributed by atoms with van der Waals surface area (Å²) < 4.78 is 59.7. The second-order valence-corrected chi connectivity index (χ2v) is 10.3. The highest BCUT2D eigenvalue weighted by molar-refractivity contribution is 9.09. The molecule has 0 aromatic rings. The van der Waals surface area contributed by atoms with E-state index >= 15 is 0 Å². The van der Waals surface area contributed by atoms with Gasteiger partial charge >= 0.3 is 0 Å². The Hall–Kier alpha value is 0.320. The van der Waals surface area contributed by atoms with Crippen molar-refractivity contribution in [1.29, 1.82) is 0 Å². The highest BCUT2D eigenvalue weighted by atomic mass is 79.9. The summed E-state index contributed by atoms with van der Waals surface area (Å²) in [6.45, 7) is 2.25. The van der Waals surface area contributed by atoms with Crippen LogP contribution >= 0.6 is 15.9 Å². The molecule has 2 N–H and O–H groups in total. The van der Waals surface area contributed by atoms with Gasteiger partial charge in [-0.05, 0) is 39.8 Å². The molecule has 1 saturated heterocycles. The largest absolute Gasteiger partial charge is 0.359 e. The zero-order valence-electron chi connectivity index (χ0n) is 26.4. The number of unbranched alkanes of at least 4 members (excludes halogenated alkanes) is 13. The molecule has 0 spiro atoms. The van der Waals surface area contributed by atoms with Crippen molar-refractivity contribution in [2.75, 3.05) is 14.1 Å². The molecule has 4 unspecified atom stereocenters. The van der Waals surface area contributed by atoms with Crippen molar-refractivity contribution in [2.45, 2.75) is 152 Å². The topological polar surface area (TPSA) is 36.5 Å². The van der Waals surface area contributed by atoms with Crippen molar-refractivity contribution in [3.8, 4) is 0 Å². The molecule has 4 nitrogen and oxygen atoms in total. The number of ether oxygens (including phenoxy) is 1. The van der Waals surface area contributed by atoms with Gasteiger partial charge in [0.1, 0.15) is 15.3 Å². The van der Waals surface area contributed by atoms with Gasteiger partial charge in [0.25, 0.3) is 0 Å². The van der Waals surface area contributed by atoms with Gasteiger partial charge in [0, 0.05) is 8.76 Å². The molecule has 2 aliphatic rings. The van der Waals surface area contributed by atoms with Crippen LogP contribution in [0, 0.1) is 0 Å². The van der Waals surface area contributed by atoms with E-state index in [1.165, 1.54) is 69.1 Å². The molecule has 184 valence electrons. The second kappa shape index (κ2) is 16.9. The van der Waals surface area contributed by atoms with Gasteiger partial charge < -0.3 is 4.74 Å². The lowest BCUT2D eigenvalue weighted by molar-refractivity contribution is -0.0975. The van der Waals surface area contributed by atoms with E-state index in [-0.39, 0.29) is 12.5 Å². The van der Waals surface area contributed by atoms with Gasteiger partial charge in [-0.15, -0.1) is 0 Å². The third-order valence-electron chi connectivity index (χ3n) is 6.38. The van der Waals surface area contributed by atoms with Crippen LogP contribution in [0.5, 0.6) is 0 Å². The lowest BCUT2D eigenvalue weighted by Gasteiger charge is -2.45. The Kier molecular flexibility index (Phi) is 10.7. The number of hydrogen-bond donors (Lipinski definition) is 2. The highest BCUT2D eigenvalue weighted by Gasteiger charge is 2.38. The van der Waals surface area contributed by atoms with Crippen LogP contribution in [0.15, 0.2) is 0 Å². The van der Waals surface area contributed by atoms with Crippen LogP contribution in [0.1, 0.15) is 128 Å². The molecule has 0 amide bonds. The molecule has 0 radical (unpaired) electrons. The zero-order valence-corrected chi connectivity index (χ0v) is 22.0. The quantitative estimate of drug-likeness (QED) is 0.156. The van der Waals surface area contributed by atoms with Crippen LogP contribution < -0.4 is 10.6 Å². The lowest BCUT2D eigenvalue weighted by Crippen LogP contribution is -2.69. The van der Waals surface area contributed by atoms with Crippen LogP contribution in [-0.2, 0) is 4.74 Å². The van der Waals surface area contributed by atoms with Crippen LogP contribution in [0.4, 0.5) is 0 Å². The Morgan fingerprint density at radius 3 is 1.84 bits per heavy atom. The van der Waals surface area contributed by atoms with Crippen molar-refractivity contribution in [3.63, 3.8) is 0 Å². The lowest BCUT2D eigenvalue weighted by atomic mass is 9.95. The summed E-state index contributed by atoms with van der Waals surface area (Å²) in [4.78, 5) is -0.791. The summed E-state index contributed by atoms with van der Waals surface area (Å²) >= 11 is 3.28. The molecular formula is C26H52BrN3O. The third kappa shape index (κ3) is 11.3. The maximum atomic E-state index is 9.25. The van der Waals surface area contributed by atoms with Crippen molar-refractivity contribution < 1.29 is 13.0 Å². The van der Waals surface area contributed by atoms with Crippen molar-refractivity contribution in [2.24, 2.45) is 0 Å². The average Bonchev–Trinajstić information content (AvgIpc) is 2.83. The Morgan fingerprint density at radius 2 is 1.39 bits per heavy atom. The summed E-state index contributed by atoms with van der Waals surface area (Å²) in [5, 5.41) is 1.26. The molecule has 1 saturated carbocycles. The molecule has 4 atom stereocenters. The fourth-order valence-electron chi connectivity index (χ4n) is 4.04. The fraction of sp³-hybridized carbons (Fsp3) is 1.00. The Labute approximate surface area is 210 Å². The highest BCUT2D eigenvalue weighted by Crippen LogP contribution is 2.28. The molecule has 2 rings (SSSR count). The standard InChI is InChI=1S/C26H52BrN3O/c1-4-5-6-7-8-9-10-11-12-13-14-15-16-17-21-23-24(27)25(31-22-19-18-20-22)29-26(28-23)30(2)3/h22-26,28-29H,4-21H2,1-3H3/i23D,24D,25D,26D/hD2. The molecule has 2 fully saturated rings. The van der Waals surface area contributed by atoms with E-state index in [4.69, 9.17) is 11.7 Å². The first kappa shape index (κ1) is 19.6. The number of nitrogens with one attached hydrogen (secondary N) is 2. The smallest absolute Gasteiger partial charge is 0.128 e. The number of alkyl halides is 1. The fourth-order valence-corrected chi connectivity index (χ4v) is 4.50. The van der Waals surface area contributed by atoms with E-state index in [2.05, 4.69) is 22.9 Å². The van der Waals surface area contributed by atoms with Crippen molar-refractivity contribution >= 4 is 15.9 Å². The minimum atomic E-state index is -2.32. The summed E-state index contributed by atoms with van der Waals surface area (Å²) in [5.41, 5.74) is 0. The number of hydrogen-bond acceptors (Lipinski definition) is 4. The average molecular weight is 509 g/mol. The molecule has 1 aliphatic carbocycles. The Bertz CT molecular complexity index is 676. The first-order valence-corrected chi connectivity index (χ1v) is 13.8. The van der Waals surface area contributed by atoms with Crippen LogP contribution in [0.2, 0.25) is 2.82 Å². The van der Waals surface area contributed by atoms with E-state index in [0.717, 1.165) is 38.5 Å². The zero-order chi connectivity index (χ0) is 27.7. The SMILES string of the molecule is [2H]N1C([2H])(N(C)C)N([2H])C([2H])(OC2CCC2)C([2H])(Br)C1([2H])CCCCCCCCCCCCCCCC. The minimum Gasteiger partial charge on any atom is -0.359 e. The first-order valence-electron chi connectivity index (χ1n) is 15.9. The Balaban J connectivity index is 1.86. The van der Waals surface area contributed by atoms with Crippen LogP contribution in [-0.4, -0.2) is 48.4 Å². The molecule has 0 bridgehead atoms. The van der Waals surface area contributed by atoms with Gasteiger partial charge in [0.15, 0.2) is 0 Å². The van der Waals surface area contributed by atoms with Crippen LogP contribution in [0.3, 0.4) is 0 Å². The van der Waals surface area contributed by atoms with E-state index < -0.39 is 23.3 Å². The minimum absolute atomic E-state index is 0.139. The summed E-state index contributed by atoms with van der Waals surface area (Å²) in [7, 11) is 3.11. The first-order chi connectivity index (χ1) is 17.4. The molecule has 31 heavy (non-hydrogen) atoms. The van der Waals surface area contributed by atoms with E-state index in [1.54, 1.807) is 14.1 Å². The molecule has 0 aromatic heterocycles. The van der Waals surface area contributed by atoms with E-state index in [9.17, 15) is 1.37 Å². The van der Waals surface area contributed by atoms with Gasteiger partial charge in [-0.3, -0.25) is 15.5 Å². The summed E-state index contributed by atoms with van der Waals surface area (Å²) in [5.74, 6) is 0. The predicted molar refractivity (Wildman–Crippen MR) is 138 cm³/mol. The molecule has 0 aromatic carbocycles. The molecular weight excluding hydrogens is 450 g/mol. The van der Waals surface area contributed by atoms with Gasteiger partial charge in [0.05, 0.1) is 13.6 Å². The van der Waals surface area contributed by atoms with E-state index in [1.807, 2.05) is 0 Å². The monoisotopic (exact) mass is 507 g/mol. The molecule has 1 aliphatic heterocycles. The number of halogens is 1. The summed E-state index contributed by atoms with van der Waals surface area (Å²) in [6.07, 6.45) is 14.7.